The van der Waals surface area contributed by atoms with Gasteiger partial charge >= 0.3 is 6.18 Å². The molecule has 0 bridgehead atoms. The monoisotopic (exact) mass is 319 g/mol. The molecule has 0 spiro atoms. The summed E-state index contributed by atoms with van der Waals surface area (Å²) in [6, 6.07) is 4.79. The molecule has 0 aliphatic carbocycles. The molecule has 0 aliphatic heterocycles. The second-order valence-corrected chi connectivity index (χ2v) is 4.62. The quantitative estimate of drug-likeness (QED) is 0.432. The van der Waals surface area contributed by atoms with Gasteiger partial charge in [-0.1, -0.05) is 17.3 Å². The summed E-state index contributed by atoms with van der Waals surface area (Å²) >= 11 is 0. The molecule has 22 heavy (non-hydrogen) atoms. The Hall–Kier alpha value is -1.60. The maximum atomic E-state index is 12.6. The normalized spacial score (nSPS) is 12.5. The fourth-order valence-electron chi connectivity index (χ4n) is 1.80. The number of alkyl halides is 3. The number of aliphatic hydroxyl groups excluding tert-OH is 1. The van der Waals surface area contributed by atoms with E-state index in [2.05, 4.69) is 5.16 Å². The largest absolute Gasteiger partial charge is 0.416 e. The van der Waals surface area contributed by atoms with E-state index in [9.17, 15) is 13.2 Å². The lowest BCUT2D eigenvalue weighted by Crippen LogP contribution is -2.08. The van der Waals surface area contributed by atoms with Gasteiger partial charge in [0.1, 0.15) is 6.61 Å². The summed E-state index contributed by atoms with van der Waals surface area (Å²) in [7, 11) is 1.61. The van der Waals surface area contributed by atoms with Gasteiger partial charge in [0.25, 0.3) is 0 Å². The summed E-state index contributed by atoms with van der Waals surface area (Å²) in [5.74, 6) is 0. The summed E-state index contributed by atoms with van der Waals surface area (Å²) in [4.78, 5) is 4.94. The third-order valence-electron chi connectivity index (χ3n) is 2.91. The average molecular weight is 319 g/mol. The molecular weight excluding hydrogens is 299 g/mol. The molecule has 0 aliphatic rings. The van der Waals surface area contributed by atoms with E-state index in [4.69, 9.17) is 14.7 Å². The predicted octanol–water partition coefficient (Wildman–Crippen LogP) is 3.24. The van der Waals surface area contributed by atoms with Crippen molar-refractivity contribution in [1.82, 2.24) is 0 Å². The van der Waals surface area contributed by atoms with Crippen LogP contribution in [0.1, 0.15) is 30.4 Å². The molecule has 0 amide bonds. The summed E-state index contributed by atoms with van der Waals surface area (Å²) in [5, 5.41) is 12.6. The van der Waals surface area contributed by atoms with E-state index in [1.54, 1.807) is 7.11 Å². The number of oxime groups is 1. The van der Waals surface area contributed by atoms with Crippen LogP contribution in [0.15, 0.2) is 29.4 Å². The Morgan fingerprint density at radius 3 is 2.36 bits per heavy atom. The Labute approximate surface area is 127 Å². The van der Waals surface area contributed by atoms with Crippen LogP contribution in [0, 0.1) is 0 Å². The van der Waals surface area contributed by atoms with Crippen LogP contribution in [0.2, 0.25) is 0 Å². The number of methoxy groups -OCH3 is 1. The van der Waals surface area contributed by atoms with Gasteiger partial charge in [0, 0.05) is 13.7 Å². The lowest BCUT2D eigenvalue weighted by atomic mass is 10.0. The lowest BCUT2D eigenvalue weighted by Gasteiger charge is -2.10. The van der Waals surface area contributed by atoms with Crippen LogP contribution in [-0.4, -0.2) is 37.7 Å². The van der Waals surface area contributed by atoms with Gasteiger partial charge in [-0.15, -0.1) is 0 Å². The number of benzene rings is 1. The minimum Gasteiger partial charge on any atom is -0.393 e. The van der Waals surface area contributed by atoms with Crippen molar-refractivity contribution in [2.45, 2.75) is 25.4 Å². The zero-order valence-corrected chi connectivity index (χ0v) is 12.4. The van der Waals surface area contributed by atoms with Crippen LogP contribution in [0.4, 0.5) is 13.2 Å². The van der Waals surface area contributed by atoms with Crippen molar-refractivity contribution in [2.75, 3.05) is 26.9 Å². The summed E-state index contributed by atoms with van der Waals surface area (Å²) < 4.78 is 42.6. The number of unbranched alkanes of at least 4 members (excludes halogenated alkanes) is 1. The van der Waals surface area contributed by atoms with Gasteiger partial charge in [-0.2, -0.15) is 13.2 Å². The Balaban J connectivity index is 2.78. The van der Waals surface area contributed by atoms with Gasteiger partial charge < -0.3 is 14.7 Å². The zero-order chi connectivity index (χ0) is 16.4. The SMILES string of the molecule is COCCCCC(=NOCCO)c1ccc(C(F)(F)F)cc1. The Kier molecular flexibility index (Phi) is 7.90. The van der Waals surface area contributed by atoms with Gasteiger partial charge in [-0.05, 0) is 37.0 Å². The lowest BCUT2D eigenvalue weighted by molar-refractivity contribution is -0.137. The van der Waals surface area contributed by atoms with Crippen LogP contribution in [0.3, 0.4) is 0 Å². The van der Waals surface area contributed by atoms with E-state index < -0.39 is 11.7 Å². The van der Waals surface area contributed by atoms with Gasteiger partial charge in [-0.25, -0.2) is 0 Å². The molecule has 0 fully saturated rings. The van der Waals surface area contributed by atoms with Crippen molar-refractivity contribution in [3.8, 4) is 0 Å². The molecule has 1 aromatic carbocycles. The summed E-state index contributed by atoms with van der Waals surface area (Å²) in [6.45, 7) is 0.480. The molecule has 4 nitrogen and oxygen atoms in total. The highest BCUT2D eigenvalue weighted by Crippen LogP contribution is 2.29. The predicted molar refractivity (Wildman–Crippen MR) is 76.7 cm³/mol. The van der Waals surface area contributed by atoms with E-state index >= 15 is 0 Å². The first-order chi connectivity index (χ1) is 10.5. The molecule has 0 saturated carbocycles. The third-order valence-corrected chi connectivity index (χ3v) is 2.91. The van der Waals surface area contributed by atoms with E-state index in [0.29, 0.717) is 24.3 Å². The van der Waals surface area contributed by atoms with Crippen molar-refractivity contribution in [2.24, 2.45) is 5.16 Å². The second kappa shape index (κ2) is 9.42. The number of nitrogens with zero attached hydrogens (tertiary/aromatic N) is 1. The first-order valence-electron chi connectivity index (χ1n) is 6.95. The molecule has 0 heterocycles. The van der Waals surface area contributed by atoms with Crippen molar-refractivity contribution in [3.05, 3.63) is 35.4 Å². The van der Waals surface area contributed by atoms with Crippen molar-refractivity contribution < 1.29 is 27.9 Å². The van der Waals surface area contributed by atoms with Crippen LogP contribution in [0.25, 0.3) is 0 Å². The van der Waals surface area contributed by atoms with Gasteiger partial charge in [-0.3, -0.25) is 0 Å². The molecule has 0 radical (unpaired) electrons. The van der Waals surface area contributed by atoms with Gasteiger partial charge in [0.05, 0.1) is 17.9 Å². The molecule has 0 atom stereocenters. The number of aliphatic hydroxyl groups is 1. The van der Waals surface area contributed by atoms with E-state index in [1.165, 1.54) is 12.1 Å². The molecule has 0 unspecified atom stereocenters. The number of ether oxygens (including phenoxy) is 1. The summed E-state index contributed by atoms with van der Waals surface area (Å²) in [6.07, 6.45) is -2.21. The Morgan fingerprint density at radius 2 is 1.82 bits per heavy atom. The molecule has 0 aromatic heterocycles. The van der Waals surface area contributed by atoms with Crippen molar-refractivity contribution >= 4 is 5.71 Å². The van der Waals surface area contributed by atoms with E-state index in [0.717, 1.165) is 25.0 Å². The minimum absolute atomic E-state index is 0.0439. The maximum Gasteiger partial charge on any atom is 0.416 e. The molecule has 1 rings (SSSR count). The van der Waals surface area contributed by atoms with E-state index in [-0.39, 0.29) is 13.2 Å². The molecule has 124 valence electrons. The highest BCUT2D eigenvalue weighted by atomic mass is 19.4. The van der Waals surface area contributed by atoms with E-state index in [1.807, 2.05) is 0 Å². The third kappa shape index (κ3) is 6.44. The zero-order valence-electron chi connectivity index (χ0n) is 12.4. The maximum absolute atomic E-state index is 12.6. The highest BCUT2D eigenvalue weighted by Gasteiger charge is 2.30. The Morgan fingerprint density at radius 1 is 1.14 bits per heavy atom. The number of halogens is 3. The minimum atomic E-state index is -4.36. The number of hydrogen-bond donors (Lipinski definition) is 1. The van der Waals surface area contributed by atoms with Crippen LogP contribution in [0.5, 0.6) is 0 Å². The molecule has 7 heteroatoms. The Bertz CT molecular complexity index is 458. The van der Waals surface area contributed by atoms with Gasteiger partial charge in [0.2, 0.25) is 0 Å². The number of hydrogen-bond acceptors (Lipinski definition) is 4. The smallest absolute Gasteiger partial charge is 0.393 e. The topological polar surface area (TPSA) is 51.0 Å². The highest BCUT2D eigenvalue weighted by molar-refractivity contribution is 6.00. The summed E-state index contributed by atoms with van der Waals surface area (Å²) in [5.41, 5.74) is 0.424. The molecule has 1 aromatic rings. The molecule has 0 saturated heterocycles. The number of rotatable bonds is 9. The standard InChI is InChI=1S/C15H20F3NO3/c1-21-10-3-2-4-14(19-22-11-9-20)12-5-7-13(8-6-12)15(16,17)18/h5-8,20H,2-4,9-11H2,1H3. The fraction of sp³-hybridized carbons (Fsp3) is 0.533. The van der Waals surface area contributed by atoms with Crippen LogP contribution < -0.4 is 0 Å². The average Bonchev–Trinajstić information content (AvgIpc) is 2.49. The van der Waals surface area contributed by atoms with Crippen molar-refractivity contribution in [3.63, 3.8) is 0 Å². The first-order valence-corrected chi connectivity index (χ1v) is 6.95. The van der Waals surface area contributed by atoms with Crippen LogP contribution >= 0.6 is 0 Å². The van der Waals surface area contributed by atoms with Crippen LogP contribution in [-0.2, 0) is 15.8 Å². The van der Waals surface area contributed by atoms with Gasteiger partial charge in [0.15, 0.2) is 0 Å². The van der Waals surface area contributed by atoms with Crippen molar-refractivity contribution in [1.29, 1.82) is 0 Å². The molecular formula is C15H20F3NO3. The molecule has 1 N–H and O–H groups in total. The fourth-order valence-corrected chi connectivity index (χ4v) is 1.80. The second-order valence-electron chi connectivity index (χ2n) is 4.62. The first kappa shape index (κ1) is 18.4.